The van der Waals surface area contributed by atoms with Gasteiger partial charge in [0.2, 0.25) is 0 Å². The molecule has 204 valence electrons. The molecule has 0 fully saturated rings. The molecule has 0 saturated heterocycles. The summed E-state index contributed by atoms with van der Waals surface area (Å²) in [6, 6.07) is 7.94. The fraction of sp³-hybridized carbons (Fsp3) is 0.273. The molecule has 0 spiro atoms. The summed E-state index contributed by atoms with van der Waals surface area (Å²) in [5.41, 5.74) is -0.491. The molecule has 0 atom stereocenters. The van der Waals surface area contributed by atoms with Gasteiger partial charge in [0.05, 0.1) is 67.8 Å². The predicted molar refractivity (Wildman–Crippen MR) is 122 cm³/mol. The summed E-state index contributed by atoms with van der Waals surface area (Å²) in [6.45, 7) is 0.696. The van der Waals surface area contributed by atoms with Crippen LogP contribution in [0.5, 0.6) is 0 Å². The van der Waals surface area contributed by atoms with Crippen LogP contribution in [0.4, 0.5) is 0 Å². The minimum atomic E-state index is -4.80. The number of hydrogen-bond donors (Lipinski definition) is 4. The van der Waals surface area contributed by atoms with E-state index >= 15 is 0 Å². The van der Waals surface area contributed by atoms with E-state index in [1.807, 2.05) is 0 Å². The van der Waals surface area contributed by atoms with E-state index in [9.17, 15) is 32.1 Å². The molecular weight excluding hydrogens is 543 g/mol. The third kappa shape index (κ3) is 14.2. The maximum Gasteiger partial charge on any atom is 1.00 e. The number of benzene rings is 2. The maximum absolute atomic E-state index is 11.3. The normalized spacial score (nSPS) is 9.82. The van der Waals surface area contributed by atoms with Crippen molar-refractivity contribution in [3.05, 3.63) is 64.7 Å². The Labute approximate surface area is 239 Å². The van der Waals surface area contributed by atoms with Crippen molar-refractivity contribution in [1.29, 1.82) is 0 Å². The monoisotopic (exact) mass is 568 g/mol. The molecule has 0 aromatic heterocycles. The number of carboxylic acids is 2. The van der Waals surface area contributed by atoms with Crippen molar-refractivity contribution in [2.24, 2.45) is 0 Å². The Hall–Kier alpha value is -2.89. The van der Waals surface area contributed by atoms with Crippen molar-refractivity contribution in [2.75, 3.05) is 40.6 Å². The van der Waals surface area contributed by atoms with Crippen LogP contribution in [0, 0.1) is 0 Å². The van der Waals surface area contributed by atoms with E-state index in [-0.39, 0.29) is 65.0 Å². The van der Waals surface area contributed by atoms with Crippen molar-refractivity contribution in [2.45, 2.75) is 4.90 Å². The van der Waals surface area contributed by atoms with Gasteiger partial charge in [0.15, 0.2) is 0 Å². The summed E-state index contributed by atoms with van der Waals surface area (Å²) in [7, 11) is -2.63. The van der Waals surface area contributed by atoms with Crippen LogP contribution in [0.1, 0.15) is 41.4 Å². The van der Waals surface area contributed by atoms with Gasteiger partial charge in [-0.15, -0.1) is 0 Å². The molecule has 0 aliphatic rings. The van der Waals surface area contributed by atoms with E-state index in [1.165, 1.54) is 18.2 Å². The standard InChI is InChI=1S/C10H10O7S.C8H6O4.C4H10O3.Na/c1-16-9(11)6-3-7(10(12)17-2)5-8(4-6)18(13,14)15;9-7(10)5-2-1-3-6(4-5)8(11)12;5-1-3-7-4-2-6;/h3-5H,1-2H3,(H,13,14,15);1-4H,(H,9,10)(H,11,12);5-6H,1-4H2;/q;;;+1/p-1. The Morgan fingerprint density at radius 1 is 0.763 bits per heavy atom. The van der Waals surface area contributed by atoms with Crippen LogP contribution < -0.4 is 29.6 Å². The van der Waals surface area contributed by atoms with Crippen LogP contribution in [-0.4, -0.2) is 97.9 Å². The molecule has 0 aliphatic carbocycles. The molecule has 0 unspecified atom stereocenters. The second-order valence-corrected chi connectivity index (χ2v) is 7.81. The van der Waals surface area contributed by atoms with Crippen LogP contribution >= 0.6 is 0 Å². The first-order chi connectivity index (χ1) is 17.3. The number of esters is 2. The minimum absolute atomic E-state index is 0. The molecule has 0 amide bonds. The van der Waals surface area contributed by atoms with Crippen LogP contribution in [0.3, 0.4) is 0 Å². The maximum atomic E-state index is 11.3. The molecule has 0 aliphatic heterocycles. The van der Waals surface area contributed by atoms with Gasteiger partial charge in [-0.3, -0.25) is 0 Å². The van der Waals surface area contributed by atoms with Gasteiger partial charge in [0.1, 0.15) is 10.1 Å². The quantitative estimate of drug-likeness (QED) is 0.104. The molecule has 4 N–H and O–H groups in total. The Balaban J connectivity index is 0. The minimum Gasteiger partial charge on any atom is -0.744 e. The third-order valence-corrected chi connectivity index (χ3v) is 4.68. The Bertz CT molecular complexity index is 1110. The summed E-state index contributed by atoms with van der Waals surface area (Å²) in [6.07, 6.45) is 0. The van der Waals surface area contributed by atoms with Gasteiger partial charge < -0.3 is 39.2 Å². The SMILES string of the molecule is COC(=O)c1cc(C(=O)OC)cc(S(=O)(=O)[O-])c1.O=C(O)c1cccc(C(=O)O)c1.OCCOCCO.[Na+]. The third-order valence-electron chi connectivity index (χ3n) is 3.87. The van der Waals surface area contributed by atoms with E-state index in [1.54, 1.807) is 0 Å². The van der Waals surface area contributed by atoms with Gasteiger partial charge in [0, 0.05) is 0 Å². The van der Waals surface area contributed by atoms with Gasteiger partial charge in [-0.25, -0.2) is 27.6 Å². The number of methoxy groups -OCH3 is 2. The summed E-state index contributed by atoms with van der Waals surface area (Å²) in [4.78, 5) is 42.6. The fourth-order valence-corrected chi connectivity index (χ4v) is 2.77. The molecule has 0 saturated carbocycles. The fourth-order valence-electron chi connectivity index (χ4n) is 2.23. The average Bonchev–Trinajstić information content (AvgIpc) is 2.88. The molecule has 0 bridgehead atoms. The van der Waals surface area contributed by atoms with E-state index < -0.39 is 38.9 Å². The first kappa shape index (κ1) is 37.3. The summed E-state index contributed by atoms with van der Waals surface area (Å²) in [5.74, 6) is -3.99. The number of carbonyl (C=O) groups is 4. The zero-order valence-corrected chi connectivity index (χ0v) is 23.5. The second kappa shape index (κ2) is 19.2. The van der Waals surface area contributed by atoms with E-state index in [0.29, 0.717) is 13.2 Å². The zero-order valence-electron chi connectivity index (χ0n) is 20.6. The number of carbonyl (C=O) groups excluding carboxylic acids is 2. The first-order valence-electron chi connectivity index (χ1n) is 9.96. The summed E-state index contributed by atoms with van der Waals surface area (Å²) in [5, 5.41) is 33.2. The van der Waals surface area contributed by atoms with Crippen molar-refractivity contribution in [3.8, 4) is 0 Å². The van der Waals surface area contributed by atoms with Crippen molar-refractivity contribution in [3.63, 3.8) is 0 Å². The molecule has 0 heterocycles. The number of rotatable bonds is 9. The predicted octanol–water partition coefficient (Wildman–Crippen LogP) is -2.76. The Kier molecular flexibility index (Phi) is 18.8. The van der Waals surface area contributed by atoms with Gasteiger partial charge in [0.25, 0.3) is 0 Å². The number of hydrogen-bond acceptors (Lipinski definition) is 12. The summed E-state index contributed by atoms with van der Waals surface area (Å²) >= 11 is 0. The molecule has 38 heavy (non-hydrogen) atoms. The van der Waals surface area contributed by atoms with Gasteiger partial charge in [-0.1, -0.05) is 6.07 Å². The largest absolute Gasteiger partial charge is 1.00 e. The van der Waals surface area contributed by atoms with Crippen LogP contribution in [0.15, 0.2) is 47.4 Å². The number of aromatic carboxylic acids is 2. The molecule has 16 heteroatoms. The molecule has 2 aromatic rings. The van der Waals surface area contributed by atoms with Gasteiger partial charge >= 0.3 is 53.4 Å². The summed E-state index contributed by atoms with van der Waals surface area (Å²) < 4.78 is 46.1. The number of aliphatic hydroxyl groups is 2. The van der Waals surface area contributed by atoms with E-state index in [0.717, 1.165) is 38.5 Å². The van der Waals surface area contributed by atoms with E-state index in [4.69, 9.17) is 20.4 Å². The average molecular weight is 568 g/mol. The zero-order chi connectivity index (χ0) is 28.6. The van der Waals surface area contributed by atoms with Crippen molar-refractivity contribution in [1.82, 2.24) is 0 Å². The first-order valence-corrected chi connectivity index (χ1v) is 11.4. The number of ether oxygens (including phenoxy) is 3. The van der Waals surface area contributed by atoms with E-state index in [2.05, 4.69) is 14.2 Å². The molecular formula is C22H25NaO14S. The van der Waals surface area contributed by atoms with Gasteiger partial charge in [-0.2, -0.15) is 0 Å². The molecule has 2 rings (SSSR count). The number of aliphatic hydroxyl groups excluding tert-OH is 2. The second-order valence-electron chi connectivity index (χ2n) is 6.43. The molecule has 2 aromatic carbocycles. The van der Waals surface area contributed by atoms with Crippen molar-refractivity contribution >= 4 is 34.0 Å². The molecule has 0 radical (unpaired) electrons. The Morgan fingerprint density at radius 3 is 1.42 bits per heavy atom. The van der Waals surface area contributed by atoms with Gasteiger partial charge in [-0.05, 0) is 36.4 Å². The smallest absolute Gasteiger partial charge is 0.744 e. The molecule has 14 nitrogen and oxygen atoms in total. The topological polar surface area (TPSA) is 234 Å². The van der Waals surface area contributed by atoms with Crippen LogP contribution in [0.2, 0.25) is 0 Å². The van der Waals surface area contributed by atoms with Crippen molar-refractivity contribution < 1.29 is 96.3 Å². The Morgan fingerprint density at radius 2 is 1.13 bits per heavy atom. The van der Waals surface area contributed by atoms with Crippen LogP contribution in [0.25, 0.3) is 0 Å². The number of carboxylic acid groups (broad SMARTS) is 2. The van der Waals surface area contributed by atoms with Crippen LogP contribution in [-0.2, 0) is 24.3 Å².